The lowest BCUT2D eigenvalue weighted by atomic mass is 10.2. The van der Waals surface area contributed by atoms with Gasteiger partial charge in [-0.15, -0.1) is 0 Å². The van der Waals surface area contributed by atoms with Gasteiger partial charge in [-0.2, -0.15) is 0 Å². The molecule has 0 spiro atoms. The normalized spacial score (nSPS) is 10.0. The number of ether oxygens (including phenoxy) is 2. The number of nitrogens with one attached hydrogen (secondary N) is 3. The molecule has 1 aromatic rings. The van der Waals surface area contributed by atoms with Gasteiger partial charge in [0, 0.05) is 12.2 Å². The fourth-order valence-corrected chi connectivity index (χ4v) is 1.91. The van der Waals surface area contributed by atoms with Crippen LogP contribution in [0, 0.1) is 0 Å². The minimum Gasteiger partial charge on any atom is -0.494 e. The summed E-state index contributed by atoms with van der Waals surface area (Å²) >= 11 is 4.98. The molecule has 25 heavy (non-hydrogen) atoms. The number of hydrogen-bond donors (Lipinski definition) is 3. The van der Waals surface area contributed by atoms with Crippen molar-refractivity contribution in [1.82, 2.24) is 16.2 Å². The second-order valence-corrected chi connectivity index (χ2v) is 5.54. The van der Waals surface area contributed by atoms with E-state index in [9.17, 15) is 9.59 Å². The van der Waals surface area contributed by atoms with Gasteiger partial charge in [0.1, 0.15) is 5.75 Å². The fraction of sp³-hybridized carbons (Fsp3) is 0.471. The third-order valence-electron chi connectivity index (χ3n) is 3.08. The maximum absolute atomic E-state index is 12.2. The monoisotopic (exact) mass is 367 g/mol. The van der Waals surface area contributed by atoms with Gasteiger partial charge in [0.15, 0.2) is 5.11 Å². The van der Waals surface area contributed by atoms with Crippen LogP contribution in [-0.2, 0) is 9.53 Å². The van der Waals surface area contributed by atoms with Crippen molar-refractivity contribution in [3.05, 3.63) is 29.8 Å². The number of unbranched alkanes of at least 4 members (excludes halogenated alkanes) is 1. The van der Waals surface area contributed by atoms with E-state index in [-0.39, 0.29) is 23.3 Å². The molecular formula is C17H25N3O4S. The van der Waals surface area contributed by atoms with Crippen LogP contribution in [-0.4, -0.2) is 36.7 Å². The predicted molar refractivity (Wildman–Crippen MR) is 99.3 cm³/mol. The van der Waals surface area contributed by atoms with Crippen molar-refractivity contribution in [3.63, 3.8) is 0 Å². The minimum atomic E-state index is -0.387. The van der Waals surface area contributed by atoms with E-state index in [2.05, 4.69) is 23.1 Å². The third-order valence-corrected chi connectivity index (χ3v) is 3.29. The lowest BCUT2D eigenvalue weighted by Gasteiger charge is -2.11. The van der Waals surface area contributed by atoms with Crippen molar-refractivity contribution in [2.24, 2.45) is 0 Å². The van der Waals surface area contributed by atoms with Crippen LogP contribution >= 0.6 is 12.2 Å². The molecule has 0 atom stereocenters. The summed E-state index contributed by atoms with van der Waals surface area (Å²) in [4.78, 5) is 23.7. The average molecular weight is 367 g/mol. The Kier molecular flexibility index (Phi) is 10.2. The van der Waals surface area contributed by atoms with Crippen LogP contribution in [0.2, 0.25) is 0 Å². The molecule has 0 radical (unpaired) electrons. The molecule has 0 fully saturated rings. The number of carbonyl (C=O) groups is 2. The lowest BCUT2D eigenvalue weighted by Crippen LogP contribution is -2.48. The smallest absolute Gasteiger partial charge is 0.257 e. The molecule has 0 bridgehead atoms. The van der Waals surface area contributed by atoms with E-state index in [1.54, 1.807) is 24.3 Å². The Morgan fingerprint density at radius 2 is 1.96 bits per heavy atom. The van der Waals surface area contributed by atoms with Gasteiger partial charge < -0.3 is 9.47 Å². The first kappa shape index (κ1) is 20.9. The summed E-state index contributed by atoms with van der Waals surface area (Å²) in [6, 6.07) is 6.84. The molecule has 0 aliphatic heterocycles. The number of hydrogen-bond acceptors (Lipinski definition) is 5. The summed E-state index contributed by atoms with van der Waals surface area (Å²) in [5, 5.41) is 2.50. The van der Waals surface area contributed by atoms with E-state index in [0.717, 1.165) is 12.8 Å². The molecule has 0 aliphatic carbocycles. The summed E-state index contributed by atoms with van der Waals surface area (Å²) in [7, 11) is 0. The highest BCUT2D eigenvalue weighted by molar-refractivity contribution is 7.80. The standard InChI is InChI=1S/C17H25N3O4S/c1-3-5-10-24-14-8-6-7-13(12-14)16(22)18-17(25)20-19-15(21)9-11-23-4-2/h6-8,12H,3-5,9-11H2,1-2H3,(H,19,21)(H2,18,20,22,25). The average Bonchev–Trinajstić information content (AvgIpc) is 2.61. The summed E-state index contributed by atoms with van der Waals surface area (Å²) in [6.45, 7) is 5.42. The van der Waals surface area contributed by atoms with Crippen LogP contribution in [0.15, 0.2) is 24.3 Å². The van der Waals surface area contributed by atoms with E-state index < -0.39 is 0 Å². The van der Waals surface area contributed by atoms with Crippen LogP contribution in [0.4, 0.5) is 0 Å². The molecule has 0 aromatic heterocycles. The number of rotatable bonds is 9. The van der Waals surface area contributed by atoms with Crippen molar-refractivity contribution >= 4 is 29.1 Å². The van der Waals surface area contributed by atoms with Crippen molar-refractivity contribution in [3.8, 4) is 5.75 Å². The maximum atomic E-state index is 12.2. The molecule has 3 N–H and O–H groups in total. The Balaban J connectivity index is 2.40. The second-order valence-electron chi connectivity index (χ2n) is 5.13. The van der Waals surface area contributed by atoms with Gasteiger partial charge in [0.05, 0.1) is 19.6 Å². The first-order valence-electron chi connectivity index (χ1n) is 8.27. The molecule has 0 saturated carbocycles. The highest BCUT2D eigenvalue weighted by atomic mass is 32.1. The molecule has 2 amide bonds. The van der Waals surface area contributed by atoms with E-state index >= 15 is 0 Å². The van der Waals surface area contributed by atoms with Gasteiger partial charge >= 0.3 is 0 Å². The quantitative estimate of drug-likeness (QED) is 0.351. The minimum absolute atomic E-state index is 0.00654. The van der Waals surface area contributed by atoms with Gasteiger partial charge in [0.25, 0.3) is 5.91 Å². The van der Waals surface area contributed by atoms with E-state index in [4.69, 9.17) is 21.7 Å². The molecule has 8 heteroatoms. The van der Waals surface area contributed by atoms with Crippen LogP contribution in [0.25, 0.3) is 0 Å². The molecule has 7 nitrogen and oxygen atoms in total. The highest BCUT2D eigenvalue weighted by Crippen LogP contribution is 2.13. The second kappa shape index (κ2) is 12.2. The predicted octanol–water partition coefficient (Wildman–Crippen LogP) is 1.93. The highest BCUT2D eigenvalue weighted by Gasteiger charge is 2.09. The van der Waals surface area contributed by atoms with Crippen molar-refractivity contribution in [2.45, 2.75) is 33.1 Å². The number of carbonyl (C=O) groups excluding carboxylic acids is 2. The summed E-state index contributed by atoms with van der Waals surface area (Å²) in [5.74, 6) is -0.0393. The van der Waals surface area contributed by atoms with Crippen LogP contribution in [0.1, 0.15) is 43.5 Å². The molecule has 1 aromatic carbocycles. The van der Waals surface area contributed by atoms with Gasteiger partial charge in [-0.05, 0) is 43.8 Å². The molecule has 1 rings (SSSR count). The molecule has 0 saturated heterocycles. The number of benzene rings is 1. The van der Waals surface area contributed by atoms with E-state index in [0.29, 0.717) is 31.1 Å². The zero-order valence-electron chi connectivity index (χ0n) is 14.6. The molecular weight excluding hydrogens is 342 g/mol. The van der Waals surface area contributed by atoms with Crippen molar-refractivity contribution < 1.29 is 19.1 Å². The Morgan fingerprint density at radius 1 is 1.16 bits per heavy atom. The number of hydrazine groups is 1. The Morgan fingerprint density at radius 3 is 2.68 bits per heavy atom. The van der Waals surface area contributed by atoms with Crippen molar-refractivity contribution in [1.29, 1.82) is 0 Å². The number of amides is 2. The SMILES string of the molecule is CCCCOc1cccc(C(=O)NC(=S)NNC(=O)CCOCC)c1. The first-order chi connectivity index (χ1) is 12.1. The largest absolute Gasteiger partial charge is 0.494 e. The van der Waals surface area contributed by atoms with E-state index in [1.807, 2.05) is 6.92 Å². The third kappa shape index (κ3) is 9.02. The number of thiocarbonyl (C=S) groups is 1. The molecule has 0 unspecified atom stereocenters. The summed E-state index contributed by atoms with van der Waals surface area (Å²) in [5.41, 5.74) is 5.29. The van der Waals surface area contributed by atoms with Crippen LogP contribution in [0.3, 0.4) is 0 Å². The van der Waals surface area contributed by atoms with Crippen LogP contribution < -0.4 is 20.9 Å². The Hall–Kier alpha value is -2.19. The Bertz CT molecular complexity index is 581. The lowest BCUT2D eigenvalue weighted by molar-refractivity contribution is -0.122. The van der Waals surface area contributed by atoms with Gasteiger partial charge in [0.2, 0.25) is 5.91 Å². The fourth-order valence-electron chi connectivity index (χ4n) is 1.77. The maximum Gasteiger partial charge on any atom is 0.257 e. The zero-order chi connectivity index (χ0) is 18.5. The first-order valence-corrected chi connectivity index (χ1v) is 8.68. The van der Waals surface area contributed by atoms with Gasteiger partial charge in [-0.1, -0.05) is 19.4 Å². The van der Waals surface area contributed by atoms with Crippen molar-refractivity contribution in [2.75, 3.05) is 19.8 Å². The van der Waals surface area contributed by atoms with E-state index in [1.165, 1.54) is 0 Å². The van der Waals surface area contributed by atoms with Crippen LogP contribution in [0.5, 0.6) is 5.75 Å². The Labute approximate surface area is 153 Å². The van der Waals surface area contributed by atoms with Gasteiger partial charge in [-0.3, -0.25) is 25.8 Å². The molecule has 138 valence electrons. The summed E-state index contributed by atoms with van der Waals surface area (Å²) in [6.07, 6.45) is 2.19. The zero-order valence-corrected chi connectivity index (χ0v) is 15.4. The molecule has 0 heterocycles. The molecule has 0 aliphatic rings. The summed E-state index contributed by atoms with van der Waals surface area (Å²) < 4.78 is 10.6. The topological polar surface area (TPSA) is 88.7 Å². The van der Waals surface area contributed by atoms with Gasteiger partial charge in [-0.25, -0.2) is 0 Å².